The molecule has 0 aliphatic carbocycles. The van der Waals surface area contributed by atoms with Gasteiger partial charge < -0.3 is 15.2 Å². The summed E-state index contributed by atoms with van der Waals surface area (Å²) in [5.74, 6) is -0.338. The lowest BCUT2D eigenvalue weighted by molar-refractivity contribution is -0.114. The predicted molar refractivity (Wildman–Crippen MR) is 90.1 cm³/mol. The van der Waals surface area contributed by atoms with Gasteiger partial charge in [-0.1, -0.05) is 27.7 Å². The number of methoxy groups -OCH3 is 2. The average Bonchev–Trinajstić information content (AvgIpc) is 2.49. The van der Waals surface area contributed by atoms with Crippen molar-refractivity contribution in [3.8, 4) is 5.75 Å². The van der Waals surface area contributed by atoms with Crippen LogP contribution in [-0.2, 0) is 9.53 Å². The van der Waals surface area contributed by atoms with Crippen LogP contribution in [0, 0.1) is 11.8 Å². The van der Waals surface area contributed by atoms with E-state index < -0.39 is 11.9 Å². The van der Waals surface area contributed by atoms with Crippen molar-refractivity contribution in [3.05, 3.63) is 34.9 Å². The fourth-order valence-corrected chi connectivity index (χ4v) is 2.66. The number of rotatable bonds is 6. The molecule has 0 fully saturated rings. The third kappa shape index (κ3) is 4.12. The van der Waals surface area contributed by atoms with Gasteiger partial charge in [-0.25, -0.2) is 4.79 Å². The minimum Gasteiger partial charge on any atom is -0.496 e. The van der Waals surface area contributed by atoms with Gasteiger partial charge in [0.05, 0.1) is 19.8 Å². The molecular formula is C18H25NO4. The van der Waals surface area contributed by atoms with Crippen LogP contribution in [0.4, 0.5) is 0 Å². The summed E-state index contributed by atoms with van der Waals surface area (Å²) in [4.78, 5) is 23.8. The number of allylic oxidation sites excluding steroid dienone is 1. The molecule has 2 N–H and O–H groups in total. The lowest BCUT2D eigenvalue weighted by Crippen LogP contribution is -2.21. The molecule has 0 aliphatic rings. The van der Waals surface area contributed by atoms with E-state index in [1.807, 2.05) is 27.7 Å². The second kappa shape index (κ2) is 7.81. The van der Waals surface area contributed by atoms with Gasteiger partial charge in [0.1, 0.15) is 5.75 Å². The van der Waals surface area contributed by atoms with Gasteiger partial charge in [0.25, 0.3) is 0 Å². The number of carbonyl (C=O) groups excluding carboxylic acids is 2. The fraction of sp³-hybridized carbons (Fsp3) is 0.444. The van der Waals surface area contributed by atoms with E-state index in [0.29, 0.717) is 22.4 Å². The monoisotopic (exact) mass is 319 g/mol. The summed E-state index contributed by atoms with van der Waals surface area (Å²) in [5, 5.41) is 0. The molecule has 0 spiro atoms. The van der Waals surface area contributed by atoms with Crippen LogP contribution in [0.1, 0.15) is 43.6 Å². The SMILES string of the molecule is COC(=O)c1ccc(OC)c(/C(=C(/C(N)=O)C(C)C)C(C)C)c1. The summed E-state index contributed by atoms with van der Waals surface area (Å²) in [7, 11) is 2.88. The summed E-state index contributed by atoms with van der Waals surface area (Å²) < 4.78 is 10.2. The van der Waals surface area contributed by atoms with E-state index in [-0.39, 0.29) is 11.8 Å². The summed E-state index contributed by atoms with van der Waals surface area (Å²) in [5.41, 5.74) is 8.01. The topological polar surface area (TPSA) is 78.6 Å². The van der Waals surface area contributed by atoms with Crippen LogP contribution >= 0.6 is 0 Å². The highest BCUT2D eigenvalue weighted by Crippen LogP contribution is 2.36. The van der Waals surface area contributed by atoms with E-state index in [4.69, 9.17) is 15.2 Å². The van der Waals surface area contributed by atoms with Crippen LogP contribution in [0.5, 0.6) is 5.75 Å². The number of hydrogen-bond donors (Lipinski definition) is 1. The van der Waals surface area contributed by atoms with E-state index in [2.05, 4.69) is 0 Å². The van der Waals surface area contributed by atoms with Crippen molar-refractivity contribution < 1.29 is 19.1 Å². The molecule has 0 aliphatic heterocycles. The van der Waals surface area contributed by atoms with Crippen molar-refractivity contribution >= 4 is 17.4 Å². The van der Waals surface area contributed by atoms with Crippen LogP contribution in [0.25, 0.3) is 5.57 Å². The first-order chi connectivity index (χ1) is 10.7. The van der Waals surface area contributed by atoms with E-state index >= 15 is 0 Å². The highest BCUT2D eigenvalue weighted by molar-refractivity contribution is 6.02. The van der Waals surface area contributed by atoms with Gasteiger partial charge in [-0.2, -0.15) is 0 Å². The number of nitrogens with two attached hydrogens (primary N) is 1. The molecule has 1 aromatic rings. The Morgan fingerprint density at radius 3 is 2.04 bits per heavy atom. The molecule has 0 heterocycles. The van der Waals surface area contributed by atoms with E-state index in [1.165, 1.54) is 7.11 Å². The van der Waals surface area contributed by atoms with Crippen molar-refractivity contribution in [1.29, 1.82) is 0 Å². The fourth-order valence-electron chi connectivity index (χ4n) is 2.66. The van der Waals surface area contributed by atoms with Gasteiger partial charge in [0.15, 0.2) is 0 Å². The Labute approximate surface area is 137 Å². The maximum Gasteiger partial charge on any atom is 0.337 e. The molecule has 0 atom stereocenters. The molecule has 0 aromatic heterocycles. The zero-order valence-electron chi connectivity index (χ0n) is 14.6. The molecule has 0 radical (unpaired) electrons. The summed E-state index contributed by atoms with van der Waals surface area (Å²) >= 11 is 0. The maximum atomic E-state index is 12.0. The van der Waals surface area contributed by atoms with Gasteiger partial charge in [0, 0.05) is 11.1 Å². The number of primary amides is 1. The number of hydrogen-bond acceptors (Lipinski definition) is 4. The quantitative estimate of drug-likeness (QED) is 0.645. The normalized spacial score (nSPS) is 12.2. The second-order valence-corrected chi connectivity index (χ2v) is 5.91. The molecule has 0 saturated heterocycles. The van der Waals surface area contributed by atoms with Gasteiger partial charge in [-0.3, -0.25) is 4.79 Å². The zero-order chi connectivity index (χ0) is 17.7. The van der Waals surface area contributed by atoms with Gasteiger partial charge in [-0.05, 0) is 35.6 Å². The molecule has 1 rings (SSSR count). The number of carbonyl (C=O) groups is 2. The van der Waals surface area contributed by atoms with Crippen molar-refractivity contribution in [3.63, 3.8) is 0 Å². The number of amides is 1. The highest BCUT2D eigenvalue weighted by Gasteiger charge is 2.23. The predicted octanol–water partition coefficient (Wildman–Crippen LogP) is 3.03. The Hall–Kier alpha value is -2.30. The van der Waals surface area contributed by atoms with Crippen LogP contribution in [0.15, 0.2) is 23.8 Å². The van der Waals surface area contributed by atoms with E-state index in [0.717, 1.165) is 5.57 Å². The van der Waals surface area contributed by atoms with Crippen LogP contribution in [0.3, 0.4) is 0 Å². The standard InChI is InChI=1S/C18H25NO4/c1-10(2)15(16(11(3)4)17(19)20)13-9-12(18(21)23-6)7-8-14(13)22-5/h7-11H,1-6H3,(H2,19,20)/b16-15+. The molecule has 5 heteroatoms. The second-order valence-electron chi connectivity index (χ2n) is 5.91. The molecule has 0 saturated carbocycles. The molecule has 23 heavy (non-hydrogen) atoms. The molecule has 0 bridgehead atoms. The van der Waals surface area contributed by atoms with Gasteiger partial charge in [-0.15, -0.1) is 0 Å². The first-order valence-electron chi connectivity index (χ1n) is 7.55. The lowest BCUT2D eigenvalue weighted by atomic mass is 9.84. The molecule has 1 amide bonds. The summed E-state index contributed by atoms with van der Waals surface area (Å²) in [6.07, 6.45) is 0. The molecule has 126 valence electrons. The minimum atomic E-state index is -0.464. The largest absolute Gasteiger partial charge is 0.496 e. The van der Waals surface area contributed by atoms with E-state index in [9.17, 15) is 9.59 Å². The Morgan fingerprint density at radius 2 is 1.65 bits per heavy atom. The first-order valence-corrected chi connectivity index (χ1v) is 7.55. The van der Waals surface area contributed by atoms with Crippen molar-refractivity contribution in [1.82, 2.24) is 0 Å². The van der Waals surface area contributed by atoms with Crippen molar-refractivity contribution in [2.24, 2.45) is 17.6 Å². The smallest absolute Gasteiger partial charge is 0.337 e. The molecule has 5 nitrogen and oxygen atoms in total. The minimum absolute atomic E-state index is 0.0293. The third-order valence-electron chi connectivity index (χ3n) is 3.62. The van der Waals surface area contributed by atoms with Gasteiger partial charge in [0.2, 0.25) is 5.91 Å². The Kier molecular flexibility index (Phi) is 6.37. The summed E-state index contributed by atoms with van der Waals surface area (Å²) in [6.45, 7) is 7.79. The molecule has 1 aromatic carbocycles. The Morgan fingerprint density at radius 1 is 1.04 bits per heavy atom. The summed E-state index contributed by atoms with van der Waals surface area (Å²) in [6, 6.07) is 5.01. The average molecular weight is 319 g/mol. The van der Waals surface area contributed by atoms with Crippen molar-refractivity contribution in [2.75, 3.05) is 14.2 Å². The maximum absolute atomic E-state index is 12.0. The van der Waals surface area contributed by atoms with E-state index in [1.54, 1.807) is 25.3 Å². The zero-order valence-corrected chi connectivity index (χ0v) is 14.6. The lowest BCUT2D eigenvalue weighted by Gasteiger charge is -2.22. The first kappa shape index (κ1) is 18.7. The molecule has 0 unspecified atom stereocenters. The Bertz CT molecular complexity index is 630. The number of esters is 1. The highest BCUT2D eigenvalue weighted by atomic mass is 16.5. The van der Waals surface area contributed by atoms with Crippen molar-refractivity contribution in [2.45, 2.75) is 27.7 Å². The Balaban J connectivity index is 3.75. The number of ether oxygens (including phenoxy) is 2. The third-order valence-corrected chi connectivity index (χ3v) is 3.62. The van der Waals surface area contributed by atoms with Crippen LogP contribution in [0.2, 0.25) is 0 Å². The van der Waals surface area contributed by atoms with Crippen LogP contribution < -0.4 is 10.5 Å². The van der Waals surface area contributed by atoms with Gasteiger partial charge >= 0.3 is 5.97 Å². The van der Waals surface area contributed by atoms with Crippen LogP contribution in [-0.4, -0.2) is 26.1 Å². The molecular weight excluding hydrogens is 294 g/mol. The number of benzene rings is 1.